The molecule has 154 valence electrons. The van der Waals surface area contributed by atoms with Gasteiger partial charge in [0.15, 0.2) is 11.5 Å². The van der Waals surface area contributed by atoms with Crippen LogP contribution in [0.5, 0.6) is 17.2 Å². The Balaban J connectivity index is 1.24. The van der Waals surface area contributed by atoms with E-state index < -0.39 is 6.10 Å². The zero-order valence-electron chi connectivity index (χ0n) is 16.5. The summed E-state index contributed by atoms with van der Waals surface area (Å²) in [6.07, 6.45) is 2.59. The number of likely N-dealkylation sites (tertiary alicyclic amines) is 1. The van der Waals surface area contributed by atoms with Crippen molar-refractivity contribution in [3.8, 4) is 17.2 Å². The minimum atomic E-state index is -0.494. The molecule has 2 fully saturated rings. The molecule has 7 nitrogen and oxygen atoms in total. The van der Waals surface area contributed by atoms with Gasteiger partial charge >= 0.3 is 0 Å². The van der Waals surface area contributed by atoms with Crippen LogP contribution in [0.2, 0.25) is 0 Å². The second kappa shape index (κ2) is 7.39. The standard InChI is InChI=1S/C22H26N2O5/c1-23-6-2-3-14(22(23)26)10-24-11-15-7-18(25)20(8-16(15)12-24)29-17-4-5-19-21(9-17)28-13-27-19/h2-6,9,15-16,18,20,25H,7-8,10-13H2,1H3/t15-,16+,18+,20+/m0/s1. The lowest BCUT2D eigenvalue weighted by molar-refractivity contribution is -0.0232. The van der Waals surface area contributed by atoms with Crippen molar-refractivity contribution in [3.05, 3.63) is 52.4 Å². The van der Waals surface area contributed by atoms with E-state index in [2.05, 4.69) is 4.90 Å². The molecule has 0 amide bonds. The molecule has 0 unspecified atom stereocenters. The van der Waals surface area contributed by atoms with Gasteiger partial charge < -0.3 is 23.9 Å². The number of aryl methyl sites for hydroxylation is 1. The molecule has 1 aliphatic carbocycles. The summed E-state index contributed by atoms with van der Waals surface area (Å²) in [5.74, 6) is 3.00. The van der Waals surface area contributed by atoms with Crippen LogP contribution in [0.4, 0.5) is 0 Å². The molecule has 0 radical (unpaired) electrons. The molecule has 29 heavy (non-hydrogen) atoms. The Labute approximate surface area is 169 Å². The first-order valence-corrected chi connectivity index (χ1v) is 10.2. The molecule has 2 aromatic rings. The van der Waals surface area contributed by atoms with Crippen molar-refractivity contribution < 1.29 is 19.3 Å². The van der Waals surface area contributed by atoms with Crippen LogP contribution in [0.15, 0.2) is 41.3 Å². The van der Waals surface area contributed by atoms with Crippen molar-refractivity contribution in [3.63, 3.8) is 0 Å². The van der Waals surface area contributed by atoms with Gasteiger partial charge in [-0.25, -0.2) is 0 Å². The van der Waals surface area contributed by atoms with E-state index in [0.29, 0.717) is 29.9 Å². The Morgan fingerprint density at radius 2 is 1.93 bits per heavy atom. The van der Waals surface area contributed by atoms with E-state index >= 15 is 0 Å². The predicted octanol–water partition coefficient (Wildman–Crippen LogP) is 1.76. The number of aromatic nitrogens is 1. The molecule has 3 aliphatic rings. The van der Waals surface area contributed by atoms with Crippen LogP contribution in [0.25, 0.3) is 0 Å². The molecule has 1 aromatic heterocycles. The third-order valence-electron chi connectivity index (χ3n) is 6.39. The number of benzene rings is 1. The average Bonchev–Trinajstić information content (AvgIpc) is 3.31. The molecule has 7 heteroatoms. The summed E-state index contributed by atoms with van der Waals surface area (Å²) in [6, 6.07) is 9.35. The highest BCUT2D eigenvalue weighted by atomic mass is 16.7. The summed E-state index contributed by atoms with van der Waals surface area (Å²) in [5.41, 5.74) is 0.883. The minimum absolute atomic E-state index is 0.0615. The Kier molecular flexibility index (Phi) is 4.72. The normalized spacial score (nSPS) is 28.3. The number of aliphatic hydroxyl groups is 1. The second-order valence-corrected chi connectivity index (χ2v) is 8.37. The van der Waals surface area contributed by atoms with E-state index in [1.54, 1.807) is 17.8 Å². The SMILES string of the molecule is Cn1cccc(CN2C[C@H]3C[C@@H](Oc4ccc5c(c4)OCO5)[C@H](O)C[C@H]3C2)c1=O. The molecular formula is C22H26N2O5. The van der Waals surface area contributed by atoms with Gasteiger partial charge in [-0.15, -0.1) is 0 Å². The van der Waals surface area contributed by atoms with Crippen LogP contribution in [-0.4, -0.2) is 46.7 Å². The van der Waals surface area contributed by atoms with E-state index in [4.69, 9.17) is 14.2 Å². The van der Waals surface area contributed by atoms with Gasteiger partial charge in [0.05, 0.1) is 6.10 Å². The summed E-state index contributed by atoms with van der Waals surface area (Å²) >= 11 is 0. The van der Waals surface area contributed by atoms with Crippen molar-refractivity contribution in [2.24, 2.45) is 18.9 Å². The fourth-order valence-corrected chi connectivity index (χ4v) is 4.88. The van der Waals surface area contributed by atoms with Gasteiger partial charge in [0.2, 0.25) is 6.79 Å². The predicted molar refractivity (Wildman–Crippen MR) is 106 cm³/mol. The molecule has 4 atom stereocenters. The summed E-state index contributed by atoms with van der Waals surface area (Å²) < 4.78 is 18.5. The molecule has 0 bridgehead atoms. The summed E-state index contributed by atoms with van der Waals surface area (Å²) in [6.45, 7) is 2.73. The lowest BCUT2D eigenvalue weighted by Gasteiger charge is -2.35. The molecule has 1 saturated heterocycles. The first-order chi connectivity index (χ1) is 14.1. The quantitative estimate of drug-likeness (QED) is 0.846. The van der Waals surface area contributed by atoms with Crippen LogP contribution in [0.1, 0.15) is 18.4 Å². The summed E-state index contributed by atoms with van der Waals surface area (Å²) in [5, 5.41) is 10.7. The van der Waals surface area contributed by atoms with E-state index in [0.717, 1.165) is 37.2 Å². The highest BCUT2D eigenvalue weighted by Gasteiger charge is 2.42. The number of hydrogen-bond donors (Lipinski definition) is 1. The summed E-state index contributed by atoms with van der Waals surface area (Å²) in [4.78, 5) is 14.7. The second-order valence-electron chi connectivity index (χ2n) is 8.37. The topological polar surface area (TPSA) is 73.2 Å². The van der Waals surface area contributed by atoms with E-state index in [-0.39, 0.29) is 18.5 Å². The van der Waals surface area contributed by atoms with Crippen LogP contribution in [0, 0.1) is 11.8 Å². The van der Waals surface area contributed by atoms with Gasteiger partial charge in [-0.05, 0) is 42.9 Å². The molecule has 5 rings (SSSR count). The van der Waals surface area contributed by atoms with Gasteiger partial charge in [0.1, 0.15) is 11.9 Å². The van der Waals surface area contributed by atoms with Gasteiger partial charge in [-0.1, -0.05) is 6.07 Å². The Morgan fingerprint density at radius 3 is 2.79 bits per heavy atom. The van der Waals surface area contributed by atoms with Gasteiger partial charge in [-0.3, -0.25) is 9.69 Å². The van der Waals surface area contributed by atoms with Crippen LogP contribution < -0.4 is 19.8 Å². The van der Waals surface area contributed by atoms with Crippen molar-refractivity contribution in [1.29, 1.82) is 0 Å². The molecule has 0 spiro atoms. The monoisotopic (exact) mass is 398 g/mol. The fourth-order valence-electron chi connectivity index (χ4n) is 4.88. The van der Waals surface area contributed by atoms with Crippen molar-refractivity contribution in [1.82, 2.24) is 9.47 Å². The third-order valence-corrected chi connectivity index (χ3v) is 6.39. The Hall–Kier alpha value is -2.51. The Bertz CT molecular complexity index is 958. The number of hydrogen-bond acceptors (Lipinski definition) is 6. The lowest BCUT2D eigenvalue weighted by atomic mass is 9.78. The largest absolute Gasteiger partial charge is 0.488 e. The van der Waals surface area contributed by atoms with E-state index in [1.165, 1.54) is 0 Å². The molecular weight excluding hydrogens is 372 g/mol. The maximum absolute atomic E-state index is 12.3. The zero-order valence-corrected chi connectivity index (χ0v) is 16.5. The van der Waals surface area contributed by atoms with Crippen molar-refractivity contribution >= 4 is 0 Å². The van der Waals surface area contributed by atoms with Crippen LogP contribution in [-0.2, 0) is 13.6 Å². The average molecular weight is 398 g/mol. The molecule has 2 aliphatic heterocycles. The van der Waals surface area contributed by atoms with Crippen molar-refractivity contribution in [2.45, 2.75) is 31.6 Å². The smallest absolute Gasteiger partial charge is 0.254 e. The number of pyridine rings is 1. The third kappa shape index (κ3) is 3.60. The van der Waals surface area contributed by atoms with Gasteiger partial charge in [0.25, 0.3) is 5.56 Å². The highest BCUT2D eigenvalue weighted by molar-refractivity contribution is 5.47. The Morgan fingerprint density at radius 1 is 1.14 bits per heavy atom. The zero-order chi connectivity index (χ0) is 20.0. The van der Waals surface area contributed by atoms with Gasteiger partial charge in [-0.2, -0.15) is 0 Å². The minimum Gasteiger partial charge on any atom is -0.488 e. The number of nitrogens with zero attached hydrogens (tertiary/aromatic N) is 2. The van der Waals surface area contributed by atoms with Crippen molar-refractivity contribution in [2.75, 3.05) is 19.9 Å². The molecule has 1 saturated carbocycles. The number of ether oxygens (including phenoxy) is 3. The number of aliphatic hydroxyl groups excluding tert-OH is 1. The molecule has 3 heterocycles. The van der Waals surface area contributed by atoms with Crippen LogP contribution >= 0.6 is 0 Å². The first kappa shape index (κ1) is 18.5. The van der Waals surface area contributed by atoms with Gasteiger partial charge in [0, 0.05) is 44.5 Å². The first-order valence-electron chi connectivity index (χ1n) is 10.2. The maximum Gasteiger partial charge on any atom is 0.254 e. The van der Waals surface area contributed by atoms with E-state index in [1.807, 2.05) is 30.3 Å². The van der Waals surface area contributed by atoms with Crippen LogP contribution in [0.3, 0.4) is 0 Å². The highest BCUT2D eigenvalue weighted by Crippen LogP contribution is 2.40. The number of fused-ring (bicyclic) bond motifs is 2. The van der Waals surface area contributed by atoms with E-state index in [9.17, 15) is 9.90 Å². The molecule has 1 aromatic carbocycles. The lowest BCUT2D eigenvalue weighted by Crippen LogP contribution is -2.42. The fraction of sp³-hybridized carbons (Fsp3) is 0.500. The molecule has 1 N–H and O–H groups in total. The summed E-state index contributed by atoms with van der Waals surface area (Å²) in [7, 11) is 1.78. The maximum atomic E-state index is 12.3. The number of rotatable bonds is 4.